The lowest BCUT2D eigenvalue weighted by Gasteiger charge is -2.10. The molecule has 0 saturated carbocycles. The Bertz CT molecular complexity index is 140. The molecular weight excluding hydrogens is 154 g/mol. The van der Waals surface area contributed by atoms with Crippen LogP contribution in [0.2, 0.25) is 0 Å². The summed E-state index contributed by atoms with van der Waals surface area (Å²) in [6, 6.07) is 0.340. The maximum absolute atomic E-state index is 4.32. The van der Waals surface area contributed by atoms with Gasteiger partial charge in [0, 0.05) is 0 Å². The van der Waals surface area contributed by atoms with E-state index in [-0.39, 0.29) is 0 Å². The third-order valence-electron chi connectivity index (χ3n) is 1.49. The summed E-state index contributed by atoms with van der Waals surface area (Å²) >= 11 is 1.86. The molecular formula is C9H17NS. The minimum Gasteiger partial charge on any atom is -0.290 e. The van der Waals surface area contributed by atoms with Gasteiger partial charge in [0.2, 0.25) is 0 Å². The Kier molecular flexibility index (Phi) is 6.33. The van der Waals surface area contributed by atoms with Gasteiger partial charge in [0.05, 0.1) is 6.04 Å². The highest BCUT2D eigenvalue weighted by atomic mass is 32.2. The van der Waals surface area contributed by atoms with Crippen molar-refractivity contribution < 1.29 is 0 Å². The lowest BCUT2D eigenvalue weighted by molar-refractivity contribution is 0.755. The van der Waals surface area contributed by atoms with E-state index in [1.165, 1.54) is 0 Å². The SMILES string of the molecule is C=C(C)[C@H](CCSC)/N=C\C. The van der Waals surface area contributed by atoms with E-state index in [1.807, 2.05) is 31.8 Å². The fourth-order valence-electron chi connectivity index (χ4n) is 0.858. The third-order valence-corrected chi connectivity index (χ3v) is 2.14. The molecule has 0 spiro atoms. The predicted molar refractivity (Wildman–Crippen MR) is 55.8 cm³/mol. The van der Waals surface area contributed by atoms with E-state index >= 15 is 0 Å². The van der Waals surface area contributed by atoms with Crippen LogP contribution < -0.4 is 0 Å². The molecule has 0 aliphatic carbocycles. The zero-order valence-corrected chi connectivity index (χ0v) is 8.45. The number of nitrogens with zero attached hydrogens (tertiary/aromatic N) is 1. The average Bonchev–Trinajstić information content (AvgIpc) is 1.97. The Morgan fingerprint density at radius 3 is 2.73 bits per heavy atom. The lowest BCUT2D eigenvalue weighted by atomic mass is 10.1. The maximum Gasteiger partial charge on any atom is 0.0707 e. The molecule has 0 bridgehead atoms. The summed E-state index contributed by atoms with van der Waals surface area (Å²) in [4.78, 5) is 4.32. The van der Waals surface area contributed by atoms with Gasteiger partial charge in [0.1, 0.15) is 0 Å². The van der Waals surface area contributed by atoms with Crippen LogP contribution in [0.3, 0.4) is 0 Å². The van der Waals surface area contributed by atoms with Crippen molar-refractivity contribution >= 4 is 18.0 Å². The van der Waals surface area contributed by atoms with E-state index in [0.29, 0.717) is 6.04 Å². The van der Waals surface area contributed by atoms with E-state index in [9.17, 15) is 0 Å². The first-order valence-electron chi connectivity index (χ1n) is 3.84. The lowest BCUT2D eigenvalue weighted by Crippen LogP contribution is -2.06. The fourth-order valence-corrected chi connectivity index (χ4v) is 1.32. The molecule has 11 heavy (non-hydrogen) atoms. The smallest absolute Gasteiger partial charge is 0.0707 e. The zero-order valence-electron chi connectivity index (χ0n) is 7.63. The molecule has 0 saturated heterocycles. The van der Waals surface area contributed by atoms with Gasteiger partial charge in [-0.25, -0.2) is 0 Å². The van der Waals surface area contributed by atoms with Crippen molar-refractivity contribution in [3.05, 3.63) is 12.2 Å². The second-order valence-electron chi connectivity index (χ2n) is 2.55. The number of hydrogen-bond donors (Lipinski definition) is 0. The summed E-state index contributed by atoms with van der Waals surface area (Å²) in [6.07, 6.45) is 5.09. The summed E-state index contributed by atoms with van der Waals surface area (Å²) in [5.41, 5.74) is 1.16. The first-order valence-corrected chi connectivity index (χ1v) is 5.23. The normalized spacial score (nSPS) is 13.7. The van der Waals surface area contributed by atoms with E-state index in [2.05, 4.69) is 17.8 Å². The highest BCUT2D eigenvalue weighted by Gasteiger charge is 2.04. The highest BCUT2D eigenvalue weighted by molar-refractivity contribution is 7.98. The highest BCUT2D eigenvalue weighted by Crippen LogP contribution is 2.10. The minimum absolute atomic E-state index is 0.340. The van der Waals surface area contributed by atoms with Gasteiger partial charge in [-0.1, -0.05) is 12.2 Å². The molecule has 0 amide bonds. The molecule has 1 atom stereocenters. The van der Waals surface area contributed by atoms with Gasteiger partial charge < -0.3 is 0 Å². The number of aliphatic imine (C=N–C) groups is 1. The van der Waals surface area contributed by atoms with E-state index < -0.39 is 0 Å². The molecule has 0 heterocycles. The summed E-state index contributed by atoms with van der Waals surface area (Å²) in [7, 11) is 0. The topological polar surface area (TPSA) is 12.4 Å². The molecule has 0 radical (unpaired) electrons. The monoisotopic (exact) mass is 171 g/mol. The van der Waals surface area contributed by atoms with Crippen molar-refractivity contribution in [3.8, 4) is 0 Å². The van der Waals surface area contributed by atoms with Crippen LogP contribution in [0.15, 0.2) is 17.1 Å². The summed E-state index contributed by atoms with van der Waals surface area (Å²) in [6.45, 7) is 7.90. The molecule has 1 nitrogen and oxygen atoms in total. The predicted octanol–water partition coefficient (Wildman–Crippen LogP) is 2.77. The first kappa shape index (κ1) is 10.8. The van der Waals surface area contributed by atoms with Crippen LogP contribution >= 0.6 is 11.8 Å². The van der Waals surface area contributed by atoms with Crippen molar-refractivity contribution in [2.24, 2.45) is 4.99 Å². The van der Waals surface area contributed by atoms with Crippen LogP contribution in [-0.2, 0) is 0 Å². The van der Waals surface area contributed by atoms with Gasteiger partial charge in [-0.05, 0) is 38.5 Å². The average molecular weight is 171 g/mol. The Balaban J connectivity index is 3.79. The van der Waals surface area contributed by atoms with Gasteiger partial charge in [-0.2, -0.15) is 11.8 Å². The van der Waals surface area contributed by atoms with Crippen molar-refractivity contribution in [1.82, 2.24) is 0 Å². The van der Waals surface area contributed by atoms with Crippen molar-refractivity contribution in [2.45, 2.75) is 26.3 Å². The second-order valence-corrected chi connectivity index (χ2v) is 3.54. The van der Waals surface area contributed by atoms with Crippen LogP contribution in [0, 0.1) is 0 Å². The fraction of sp³-hybridized carbons (Fsp3) is 0.667. The van der Waals surface area contributed by atoms with Gasteiger partial charge in [-0.15, -0.1) is 0 Å². The van der Waals surface area contributed by atoms with Crippen molar-refractivity contribution in [1.29, 1.82) is 0 Å². The van der Waals surface area contributed by atoms with Crippen LogP contribution in [0.5, 0.6) is 0 Å². The zero-order chi connectivity index (χ0) is 8.69. The van der Waals surface area contributed by atoms with E-state index in [1.54, 1.807) is 0 Å². The van der Waals surface area contributed by atoms with E-state index in [4.69, 9.17) is 0 Å². The van der Waals surface area contributed by atoms with Crippen LogP contribution in [0.25, 0.3) is 0 Å². The number of thioether (sulfide) groups is 1. The maximum atomic E-state index is 4.32. The molecule has 2 heteroatoms. The van der Waals surface area contributed by atoms with Crippen molar-refractivity contribution in [2.75, 3.05) is 12.0 Å². The first-order chi connectivity index (χ1) is 5.22. The van der Waals surface area contributed by atoms with E-state index in [0.717, 1.165) is 17.7 Å². The molecule has 0 aliphatic heterocycles. The second kappa shape index (κ2) is 6.47. The molecule has 0 aromatic carbocycles. The third kappa shape index (κ3) is 5.08. The summed E-state index contributed by atoms with van der Waals surface area (Å²) in [5.74, 6) is 1.16. The summed E-state index contributed by atoms with van der Waals surface area (Å²) < 4.78 is 0. The molecule has 0 N–H and O–H groups in total. The Hall–Kier alpha value is -0.240. The van der Waals surface area contributed by atoms with Gasteiger partial charge >= 0.3 is 0 Å². The van der Waals surface area contributed by atoms with Crippen molar-refractivity contribution in [3.63, 3.8) is 0 Å². The molecule has 0 aromatic rings. The quantitative estimate of drug-likeness (QED) is 0.457. The molecule has 0 aliphatic rings. The molecule has 0 rings (SSSR count). The van der Waals surface area contributed by atoms with Crippen LogP contribution in [-0.4, -0.2) is 24.3 Å². The Morgan fingerprint density at radius 2 is 2.36 bits per heavy atom. The molecule has 64 valence electrons. The Labute approximate surface area is 74.0 Å². The largest absolute Gasteiger partial charge is 0.290 e. The number of rotatable bonds is 5. The van der Waals surface area contributed by atoms with Gasteiger partial charge in [0.15, 0.2) is 0 Å². The van der Waals surface area contributed by atoms with Gasteiger partial charge in [-0.3, -0.25) is 4.99 Å². The minimum atomic E-state index is 0.340. The number of hydrogen-bond acceptors (Lipinski definition) is 2. The van der Waals surface area contributed by atoms with Gasteiger partial charge in [0.25, 0.3) is 0 Å². The Morgan fingerprint density at radius 1 is 1.73 bits per heavy atom. The van der Waals surface area contributed by atoms with Crippen LogP contribution in [0.4, 0.5) is 0 Å². The molecule has 0 aromatic heterocycles. The standard InChI is InChI=1S/C9H17NS/c1-5-10-9(8(2)3)6-7-11-4/h5,9H,2,6-7H2,1,3-4H3/b10-5-/t9-/m0/s1. The molecule has 0 unspecified atom stereocenters. The molecule has 0 fully saturated rings. The van der Waals surface area contributed by atoms with Crippen LogP contribution in [0.1, 0.15) is 20.3 Å². The summed E-state index contributed by atoms with van der Waals surface area (Å²) in [5, 5.41) is 0.